The van der Waals surface area contributed by atoms with Gasteiger partial charge in [-0.1, -0.05) is 30.3 Å². The molecule has 1 rings (SSSR count). The van der Waals surface area contributed by atoms with Crippen LogP contribution in [0, 0.1) is 0 Å². The second-order valence-corrected chi connectivity index (χ2v) is 2.56. The van der Waals surface area contributed by atoms with E-state index in [2.05, 4.69) is 9.73 Å². The van der Waals surface area contributed by atoms with E-state index >= 15 is 0 Å². The average molecular weight is 225 g/mol. The third-order valence-corrected chi connectivity index (χ3v) is 1.72. The third kappa shape index (κ3) is 4.02. The molecular weight excluding hydrogens is 213 g/mol. The molecule has 0 amide bonds. The highest BCUT2D eigenvalue weighted by molar-refractivity contribution is 5.78. The van der Waals surface area contributed by atoms with E-state index in [9.17, 15) is 14.0 Å². The van der Waals surface area contributed by atoms with Crippen molar-refractivity contribution in [1.82, 2.24) is 0 Å². The van der Waals surface area contributed by atoms with Gasteiger partial charge in [0.15, 0.2) is 6.04 Å². The number of ether oxygens (including phenoxy) is 1. The van der Waals surface area contributed by atoms with Crippen LogP contribution in [0.25, 0.3) is 0 Å². The van der Waals surface area contributed by atoms with Gasteiger partial charge in [0.25, 0.3) is 0 Å². The Bertz CT molecular complexity index is 361. The molecular formula is C11H12FNO3. The molecule has 0 saturated carbocycles. The van der Waals surface area contributed by atoms with Crippen LogP contribution in [-0.4, -0.2) is 26.3 Å². The molecule has 1 aromatic carbocycles. The fourth-order valence-electron chi connectivity index (χ4n) is 1.06. The molecule has 0 heterocycles. The van der Waals surface area contributed by atoms with E-state index in [4.69, 9.17) is 0 Å². The Morgan fingerprint density at radius 1 is 1.38 bits per heavy atom. The van der Waals surface area contributed by atoms with Gasteiger partial charge in [0, 0.05) is 0 Å². The molecule has 1 atom stereocenters. The van der Waals surface area contributed by atoms with Gasteiger partial charge in [-0.15, -0.1) is 0 Å². The maximum Gasteiger partial charge on any atom is 0.336 e. The van der Waals surface area contributed by atoms with Crippen molar-refractivity contribution in [3.8, 4) is 0 Å². The quantitative estimate of drug-likeness (QED) is 0.448. The Morgan fingerprint density at radius 2 is 1.94 bits per heavy atom. The molecule has 0 radical (unpaired) electrons. The lowest BCUT2D eigenvalue weighted by Gasteiger charge is -2.07. The summed E-state index contributed by atoms with van der Waals surface area (Å²) in [6.45, 7) is 0. The Morgan fingerprint density at radius 3 is 2.38 bits per heavy atom. The van der Waals surface area contributed by atoms with E-state index in [0.717, 1.165) is 0 Å². The fraction of sp³-hybridized carbons (Fsp3) is 0.273. The minimum Gasteiger partial charge on any atom is -0.467 e. The summed E-state index contributed by atoms with van der Waals surface area (Å²) in [5, 5.41) is 0. The van der Waals surface area contributed by atoms with Crippen molar-refractivity contribution >= 4 is 12.0 Å². The summed E-state index contributed by atoms with van der Waals surface area (Å²) < 4.78 is 14.0. The number of rotatable bonds is 3. The Hall–Kier alpha value is -2.00. The van der Waals surface area contributed by atoms with Crippen molar-refractivity contribution in [3.05, 3.63) is 35.9 Å². The maximum atomic E-state index is 11.2. The molecule has 1 aromatic rings. The van der Waals surface area contributed by atoms with Crippen LogP contribution < -0.4 is 0 Å². The molecule has 1 unspecified atom stereocenters. The number of alkyl halides is 1. The van der Waals surface area contributed by atoms with E-state index in [1.54, 1.807) is 24.3 Å². The van der Waals surface area contributed by atoms with Crippen LogP contribution in [0.5, 0.6) is 0 Å². The van der Waals surface area contributed by atoms with Gasteiger partial charge in [-0.3, -0.25) is 4.39 Å². The number of methoxy groups -OCH3 is 1. The summed E-state index contributed by atoms with van der Waals surface area (Å²) in [6.07, 6.45) is 1.36. The smallest absolute Gasteiger partial charge is 0.336 e. The van der Waals surface area contributed by atoms with Gasteiger partial charge in [-0.25, -0.2) is 9.59 Å². The van der Waals surface area contributed by atoms with Crippen molar-refractivity contribution in [3.63, 3.8) is 0 Å². The van der Waals surface area contributed by atoms with Crippen LogP contribution in [-0.2, 0) is 14.3 Å². The summed E-state index contributed by atoms with van der Waals surface area (Å²) in [5.74, 6) is -0.570. The summed E-state index contributed by atoms with van der Waals surface area (Å²) >= 11 is 0. The Kier molecular flexibility index (Phi) is 7.28. The van der Waals surface area contributed by atoms with Crippen molar-refractivity contribution in [1.29, 1.82) is 0 Å². The van der Waals surface area contributed by atoms with E-state index in [1.807, 2.05) is 6.07 Å². The zero-order valence-electron chi connectivity index (χ0n) is 9.01. The first-order valence-corrected chi connectivity index (χ1v) is 4.37. The van der Waals surface area contributed by atoms with Gasteiger partial charge >= 0.3 is 5.97 Å². The number of nitrogens with zero attached hydrogens (tertiary/aromatic N) is 1. The topological polar surface area (TPSA) is 55.7 Å². The van der Waals surface area contributed by atoms with Gasteiger partial charge in [-0.05, 0) is 5.56 Å². The number of esters is 1. The summed E-state index contributed by atoms with van der Waals surface area (Å²) in [4.78, 5) is 24.7. The molecule has 0 aliphatic heterocycles. The molecule has 0 aliphatic carbocycles. The zero-order chi connectivity index (χ0) is 12.4. The molecule has 0 saturated heterocycles. The lowest BCUT2D eigenvalue weighted by Crippen LogP contribution is -2.11. The van der Waals surface area contributed by atoms with Crippen molar-refractivity contribution in [2.45, 2.75) is 6.04 Å². The van der Waals surface area contributed by atoms with Gasteiger partial charge in [0.1, 0.15) is 0 Å². The lowest BCUT2D eigenvalue weighted by atomic mass is 10.1. The molecule has 0 spiro atoms. The van der Waals surface area contributed by atoms with E-state index < -0.39 is 12.0 Å². The summed E-state index contributed by atoms with van der Waals surface area (Å²) in [7, 11) is 1.75. The SMILES string of the molecule is CF.COC(=O)C(N=C=O)c1ccccc1. The highest BCUT2D eigenvalue weighted by atomic mass is 19.1. The third-order valence-electron chi connectivity index (χ3n) is 1.72. The predicted octanol–water partition coefficient (Wildman–Crippen LogP) is 1.82. The molecule has 86 valence electrons. The molecule has 0 aliphatic rings. The number of isocyanates is 1. The maximum absolute atomic E-state index is 11.2. The van der Waals surface area contributed by atoms with Gasteiger partial charge in [0.2, 0.25) is 6.08 Å². The second-order valence-electron chi connectivity index (χ2n) is 2.56. The largest absolute Gasteiger partial charge is 0.467 e. The minimum absolute atomic E-state index is 0.500. The predicted molar refractivity (Wildman–Crippen MR) is 56.4 cm³/mol. The number of hydrogen-bond acceptors (Lipinski definition) is 4. The number of carbonyl (C=O) groups is 1. The van der Waals surface area contributed by atoms with E-state index in [-0.39, 0.29) is 0 Å². The molecule has 16 heavy (non-hydrogen) atoms. The Labute approximate surface area is 92.8 Å². The molecule has 0 fully saturated rings. The van der Waals surface area contributed by atoms with Gasteiger partial charge < -0.3 is 4.74 Å². The number of aliphatic imine (C=N–C) groups is 1. The highest BCUT2D eigenvalue weighted by Gasteiger charge is 2.19. The Balaban J connectivity index is 0.00000106. The first-order valence-electron chi connectivity index (χ1n) is 4.37. The number of benzene rings is 1. The van der Waals surface area contributed by atoms with Crippen LogP contribution in [0.3, 0.4) is 0 Å². The molecule has 0 bridgehead atoms. The molecule has 4 nitrogen and oxygen atoms in total. The summed E-state index contributed by atoms with van der Waals surface area (Å²) in [6, 6.07) is 7.81. The standard InChI is InChI=1S/C10H9NO3.CH3F/c1-14-10(13)9(11-7-12)8-5-3-2-4-6-8;1-2/h2-6,9H,1H3;1H3. The first kappa shape index (κ1) is 14.0. The van der Waals surface area contributed by atoms with Crippen LogP contribution >= 0.6 is 0 Å². The van der Waals surface area contributed by atoms with Crippen LogP contribution in [0.15, 0.2) is 35.3 Å². The number of carbonyl (C=O) groups excluding carboxylic acids is 2. The lowest BCUT2D eigenvalue weighted by molar-refractivity contribution is -0.142. The zero-order valence-corrected chi connectivity index (χ0v) is 9.01. The highest BCUT2D eigenvalue weighted by Crippen LogP contribution is 2.17. The molecule has 5 heteroatoms. The molecule has 0 aromatic heterocycles. The van der Waals surface area contributed by atoms with Crippen molar-refractivity contribution in [2.24, 2.45) is 4.99 Å². The summed E-state index contributed by atoms with van der Waals surface area (Å²) in [5.41, 5.74) is 0.614. The van der Waals surface area contributed by atoms with Crippen LogP contribution in [0.1, 0.15) is 11.6 Å². The van der Waals surface area contributed by atoms with Crippen molar-refractivity contribution in [2.75, 3.05) is 14.3 Å². The van der Waals surface area contributed by atoms with Crippen LogP contribution in [0.2, 0.25) is 0 Å². The van der Waals surface area contributed by atoms with Gasteiger partial charge in [-0.2, -0.15) is 4.99 Å². The fourth-order valence-corrected chi connectivity index (χ4v) is 1.06. The van der Waals surface area contributed by atoms with Gasteiger partial charge in [0.05, 0.1) is 14.3 Å². The van der Waals surface area contributed by atoms with Crippen molar-refractivity contribution < 1.29 is 18.7 Å². The average Bonchev–Trinajstić information content (AvgIpc) is 2.38. The second kappa shape index (κ2) is 8.32. The van der Waals surface area contributed by atoms with Crippen LogP contribution in [0.4, 0.5) is 4.39 Å². The monoisotopic (exact) mass is 225 g/mol. The minimum atomic E-state index is -0.904. The van der Waals surface area contributed by atoms with E-state index in [0.29, 0.717) is 12.7 Å². The normalized spacial score (nSPS) is 10.2. The number of halogens is 1. The molecule has 0 N–H and O–H groups in total. The first-order chi connectivity index (χ1) is 7.79. The number of hydrogen-bond donors (Lipinski definition) is 0. The van der Waals surface area contributed by atoms with E-state index in [1.165, 1.54) is 13.2 Å².